The summed E-state index contributed by atoms with van der Waals surface area (Å²) < 4.78 is 16.3. The van der Waals surface area contributed by atoms with Gasteiger partial charge in [-0.1, -0.05) is 26.7 Å². The number of amides is 1. The summed E-state index contributed by atoms with van der Waals surface area (Å²) in [5.41, 5.74) is 1.26. The summed E-state index contributed by atoms with van der Waals surface area (Å²) in [4.78, 5) is 24.7. The Morgan fingerprint density at radius 3 is 2.79 bits per heavy atom. The average molecular weight is 387 g/mol. The van der Waals surface area contributed by atoms with E-state index in [2.05, 4.69) is 19.2 Å². The van der Waals surface area contributed by atoms with E-state index in [0.717, 1.165) is 18.2 Å². The molecular formula is C22H29NO5. The van der Waals surface area contributed by atoms with Gasteiger partial charge >= 0.3 is 5.97 Å². The van der Waals surface area contributed by atoms with Crippen molar-refractivity contribution < 1.29 is 23.5 Å². The number of esters is 1. The van der Waals surface area contributed by atoms with Crippen LogP contribution in [0.25, 0.3) is 11.0 Å². The molecule has 0 saturated heterocycles. The summed E-state index contributed by atoms with van der Waals surface area (Å²) >= 11 is 0. The minimum absolute atomic E-state index is 0.121. The van der Waals surface area contributed by atoms with Crippen molar-refractivity contribution in [3.05, 3.63) is 29.5 Å². The van der Waals surface area contributed by atoms with E-state index in [4.69, 9.17) is 13.9 Å². The lowest BCUT2D eigenvalue weighted by Crippen LogP contribution is -2.45. The maximum absolute atomic E-state index is 12.4. The van der Waals surface area contributed by atoms with Crippen LogP contribution in [0.15, 0.2) is 22.6 Å². The summed E-state index contributed by atoms with van der Waals surface area (Å²) in [5.74, 6) is 0.940. The summed E-state index contributed by atoms with van der Waals surface area (Å²) in [6.07, 6.45) is 3.27. The average Bonchev–Trinajstić information content (AvgIpc) is 3.00. The normalized spacial score (nSPS) is 22.1. The third-order valence-electron chi connectivity index (χ3n) is 5.79. The highest BCUT2D eigenvalue weighted by molar-refractivity contribution is 5.97. The van der Waals surface area contributed by atoms with Crippen LogP contribution >= 0.6 is 0 Å². The zero-order valence-electron chi connectivity index (χ0n) is 17.0. The molecule has 0 aliphatic heterocycles. The van der Waals surface area contributed by atoms with E-state index in [1.165, 1.54) is 6.42 Å². The van der Waals surface area contributed by atoms with Gasteiger partial charge in [0, 0.05) is 17.0 Å². The molecular weight excluding hydrogens is 358 g/mol. The van der Waals surface area contributed by atoms with E-state index in [9.17, 15) is 9.59 Å². The number of fused-ring (bicyclic) bond motifs is 1. The minimum Gasteiger partial charge on any atom is -0.494 e. The maximum Gasteiger partial charge on any atom is 0.375 e. The Labute approximate surface area is 165 Å². The molecule has 1 heterocycles. The first kappa shape index (κ1) is 20.2. The number of benzene rings is 1. The topological polar surface area (TPSA) is 77.8 Å². The van der Waals surface area contributed by atoms with Crippen molar-refractivity contribution >= 4 is 22.8 Å². The number of aryl methyl sites for hydroxylation is 1. The molecule has 3 rings (SSSR count). The van der Waals surface area contributed by atoms with Crippen molar-refractivity contribution in [2.75, 3.05) is 13.2 Å². The molecule has 1 aromatic heterocycles. The number of hydrogen-bond acceptors (Lipinski definition) is 5. The van der Waals surface area contributed by atoms with Crippen LogP contribution in [0.5, 0.6) is 5.75 Å². The number of rotatable bonds is 6. The van der Waals surface area contributed by atoms with Gasteiger partial charge in [0.05, 0.1) is 6.61 Å². The van der Waals surface area contributed by atoms with Gasteiger partial charge in [-0.3, -0.25) is 4.79 Å². The quantitative estimate of drug-likeness (QED) is 0.750. The lowest BCUT2D eigenvalue weighted by atomic mass is 9.78. The fourth-order valence-corrected chi connectivity index (χ4v) is 3.88. The van der Waals surface area contributed by atoms with Crippen molar-refractivity contribution in [2.45, 2.75) is 53.0 Å². The highest BCUT2D eigenvalue weighted by Crippen LogP contribution is 2.30. The van der Waals surface area contributed by atoms with Gasteiger partial charge in [0.2, 0.25) is 5.76 Å². The van der Waals surface area contributed by atoms with Gasteiger partial charge in [0.25, 0.3) is 5.91 Å². The van der Waals surface area contributed by atoms with Crippen LogP contribution in [0.2, 0.25) is 0 Å². The zero-order chi connectivity index (χ0) is 20.3. The van der Waals surface area contributed by atoms with Crippen molar-refractivity contribution in [2.24, 2.45) is 11.8 Å². The standard InChI is InChI=1S/C22H29NO5/c1-5-26-16-9-10-19-17(11-16)15(4)21(28-19)22(25)27-12-20(24)23-18-8-6-7-13(2)14(18)3/h9-11,13-14,18H,5-8,12H2,1-4H3,(H,23,24)/t13-,14+,18-/m1/s1. The highest BCUT2D eigenvalue weighted by Gasteiger charge is 2.28. The summed E-state index contributed by atoms with van der Waals surface area (Å²) in [6, 6.07) is 5.54. The number of carbonyl (C=O) groups excluding carboxylic acids is 2. The number of nitrogens with one attached hydrogen (secondary N) is 1. The van der Waals surface area contributed by atoms with Gasteiger partial charge in [-0.15, -0.1) is 0 Å². The molecule has 0 radical (unpaired) electrons. The lowest BCUT2D eigenvalue weighted by molar-refractivity contribution is -0.125. The van der Waals surface area contributed by atoms with Gasteiger partial charge in [-0.05, 0) is 50.3 Å². The molecule has 0 spiro atoms. The lowest BCUT2D eigenvalue weighted by Gasteiger charge is -2.34. The Balaban J connectivity index is 1.61. The van der Waals surface area contributed by atoms with Gasteiger partial charge in [0.1, 0.15) is 11.3 Å². The summed E-state index contributed by atoms with van der Waals surface area (Å²) in [5, 5.41) is 3.80. The first-order valence-corrected chi connectivity index (χ1v) is 10.0. The van der Waals surface area contributed by atoms with Crippen LogP contribution in [0.4, 0.5) is 0 Å². The molecule has 1 N–H and O–H groups in total. The van der Waals surface area contributed by atoms with Crippen molar-refractivity contribution in [3.8, 4) is 5.75 Å². The highest BCUT2D eigenvalue weighted by atomic mass is 16.5. The molecule has 1 fully saturated rings. The monoisotopic (exact) mass is 387 g/mol. The minimum atomic E-state index is -0.633. The van der Waals surface area contributed by atoms with E-state index in [0.29, 0.717) is 35.3 Å². The molecule has 1 aliphatic rings. The molecule has 2 aromatic rings. The molecule has 0 bridgehead atoms. The Morgan fingerprint density at radius 2 is 2.04 bits per heavy atom. The van der Waals surface area contributed by atoms with Crippen molar-refractivity contribution in [3.63, 3.8) is 0 Å². The first-order chi connectivity index (χ1) is 13.4. The Morgan fingerprint density at radius 1 is 1.25 bits per heavy atom. The molecule has 1 aromatic carbocycles. The van der Waals surface area contributed by atoms with Crippen molar-refractivity contribution in [1.29, 1.82) is 0 Å². The Bertz CT molecular complexity index is 856. The molecule has 152 valence electrons. The first-order valence-electron chi connectivity index (χ1n) is 10.0. The van der Waals surface area contributed by atoms with Gasteiger partial charge in [-0.2, -0.15) is 0 Å². The molecule has 6 nitrogen and oxygen atoms in total. The third kappa shape index (κ3) is 4.32. The summed E-state index contributed by atoms with van der Waals surface area (Å²) in [6.45, 7) is 8.33. The fourth-order valence-electron chi connectivity index (χ4n) is 3.88. The molecule has 1 saturated carbocycles. The van der Waals surface area contributed by atoms with Crippen LogP contribution < -0.4 is 10.1 Å². The molecule has 3 atom stereocenters. The number of hydrogen-bond donors (Lipinski definition) is 1. The van der Waals surface area contributed by atoms with Crippen LogP contribution in [0.1, 0.15) is 56.2 Å². The van der Waals surface area contributed by atoms with Crippen LogP contribution in [0, 0.1) is 18.8 Å². The maximum atomic E-state index is 12.4. The van der Waals surface area contributed by atoms with Gasteiger partial charge < -0.3 is 19.2 Å². The SMILES string of the molecule is CCOc1ccc2oc(C(=O)OCC(=O)N[C@@H]3CCC[C@@H](C)[C@@H]3C)c(C)c2c1. The zero-order valence-corrected chi connectivity index (χ0v) is 17.0. The molecule has 1 aliphatic carbocycles. The van der Waals surface area contributed by atoms with E-state index in [1.54, 1.807) is 19.1 Å². The summed E-state index contributed by atoms with van der Waals surface area (Å²) in [7, 11) is 0. The largest absolute Gasteiger partial charge is 0.494 e. The van der Waals surface area contributed by atoms with Gasteiger partial charge in [-0.25, -0.2) is 4.79 Å². The second-order valence-corrected chi connectivity index (χ2v) is 7.66. The van der Waals surface area contributed by atoms with Crippen LogP contribution in [-0.2, 0) is 9.53 Å². The smallest absolute Gasteiger partial charge is 0.375 e. The second kappa shape index (κ2) is 8.67. The number of carbonyl (C=O) groups is 2. The Kier molecular flexibility index (Phi) is 6.27. The van der Waals surface area contributed by atoms with E-state index in [1.807, 2.05) is 13.0 Å². The third-order valence-corrected chi connectivity index (χ3v) is 5.79. The predicted octanol–water partition coefficient (Wildman–Crippen LogP) is 4.24. The van der Waals surface area contributed by atoms with E-state index >= 15 is 0 Å². The Hall–Kier alpha value is -2.50. The molecule has 1 amide bonds. The van der Waals surface area contributed by atoms with Gasteiger partial charge in [0.15, 0.2) is 6.61 Å². The number of ether oxygens (including phenoxy) is 2. The fraction of sp³-hybridized carbons (Fsp3) is 0.545. The van der Waals surface area contributed by atoms with E-state index < -0.39 is 5.97 Å². The second-order valence-electron chi connectivity index (χ2n) is 7.66. The van der Waals surface area contributed by atoms with Crippen LogP contribution in [-0.4, -0.2) is 31.1 Å². The van der Waals surface area contributed by atoms with Crippen LogP contribution in [0.3, 0.4) is 0 Å². The van der Waals surface area contributed by atoms with E-state index in [-0.39, 0.29) is 24.3 Å². The predicted molar refractivity (Wildman–Crippen MR) is 107 cm³/mol. The number of furan rings is 1. The molecule has 28 heavy (non-hydrogen) atoms. The molecule has 0 unspecified atom stereocenters. The van der Waals surface area contributed by atoms with Crippen molar-refractivity contribution in [1.82, 2.24) is 5.32 Å². The molecule has 6 heteroatoms.